The van der Waals surface area contributed by atoms with Crippen molar-refractivity contribution in [2.45, 2.75) is 37.5 Å². The molecule has 0 bridgehead atoms. The summed E-state index contributed by atoms with van der Waals surface area (Å²) >= 11 is 7.79. The molecule has 37 heavy (non-hydrogen) atoms. The van der Waals surface area contributed by atoms with E-state index in [1.807, 2.05) is 29.6 Å². The molecule has 0 saturated heterocycles. The van der Waals surface area contributed by atoms with E-state index in [4.69, 9.17) is 21.5 Å². The van der Waals surface area contributed by atoms with Crippen molar-refractivity contribution in [3.8, 4) is 0 Å². The molecule has 10 nitrogen and oxygen atoms in total. The van der Waals surface area contributed by atoms with Gasteiger partial charge in [0.05, 0.1) is 29.8 Å². The smallest absolute Gasteiger partial charge is 0.333 e. The molecule has 4 atom stereocenters. The molecule has 1 aromatic carbocycles. The van der Waals surface area contributed by atoms with Gasteiger partial charge in [-0.05, 0) is 47.9 Å². The maximum Gasteiger partial charge on any atom is 0.333 e. The minimum Gasteiger partial charge on any atom is -0.393 e. The number of ether oxygens (including phenoxy) is 1. The summed E-state index contributed by atoms with van der Waals surface area (Å²) < 4.78 is 32.9. The summed E-state index contributed by atoms with van der Waals surface area (Å²) in [6, 6.07) is 7.37. The molecule has 4 N–H and O–H groups in total. The van der Waals surface area contributed by atoms with Crippen molar-refractivity contribution in [2.24, 2.45) is 11.1 Å². The average Bonchev–Trinajstić information content (AvgIpc) is 3.49. The number of benzene rings is 1. The number of aromatic nitrogens is 2. The van der Waals surface area contributed by atoms with Gasteiger partial charge in [-0.15, -0.1) is 11.3 Å². The van der Waals surface area contributed by atoms with E-state index in [0.29, 0.717) is 35.2 Å². The largest absolute Gasteiger partial charge is 0.393 e. The van der Waals surface area contributed by atoms with E-state index >= 15 is 0 Å². The molecule has 13 heteroatoms. The second-order valence-electron chi connectivity index (χ2n) is 9.09. The van der Waals surface area contributed by atoms with Crippen molar-refractivity contribution in [3.63, 3.8) is 0 Å². The Balaban J connectivity index is 1.32. The zero-order valence-corrected chi connectivity index (χ0v) is 21.9. The maximum absolute atomic E-state index is 13.5. The molecule has 5 rings (SSSR count). The number of carbonyl (C=O) groups is 1. The highest BCUT2D eigenvalue weighted by atomic mass is 35.5. The van der Waals surface area contributed by atoms with Crippen molar-refractivity contribution < 1.29 is 27.2 Å². The first kappa shape index (κ1) is 26.2. The van der Waals surface area contributed by atoms with Crippen molar-refractivity contribution in [1.29, 1.82) is 0 Å². The Morgan fingerprint density at radius 1 is 1.35 bits per heavy atom. The zero-order chi connectivity index (χ0) is 26.2. The third-order valence-electron chi connectivity index (χ3n) is 6.61. The first-order valence-electron chi connectivity index (χ1n) is 11.6. The SMILES string of the molecule is NS(=O)(=O)OC[C@H]1C[C@@H](Nc2ncncc2C(=O)c2cc([C@H]3OCCc4cccc(Cl)c43)cs2)C[C@@H]1O. The number of ketones is 1. The van der Waals surface area contributed by atoms with Crippen molar-refractivity contribution >= 4 is 44.8 Å². The van der Waals surface area contributed by atoms with Crippen LogP contribution in [0.15, 0.2) is 42.2 Å². The normalized spacial score (nSPS) is 23.5. The van der Waals surface area contributed by atoms with Gasteiger partial charge in [0.1, 0.15) is 18.2 Å². The van der Waals surface area contributed by atoms with Gasteiger partial charge in [0.25, 0.3) is 0 Å². The van der Waals surface area contributed by atoms with E-state index in [1.54, 1.807) is 0 Å². The van der Waals surface area contributed by atoms with Gasteiger partial charge in [-0.25, -0.2) is 15.1 Å². The molecule has 0 amide bonds. The van der Waals surface area contributed by atoms with E-state index in [1.165, 1.54) is 23.9 Å². The highest BCUT2D eigenvalue weighted by molar-refractivity contribution is 7.84. The molecule has 3 aromatic rings. The van der Waals surface area contributed by atoms with Crippen LogP contribution in [0.4, 0.5) is 5.82 Å². The number of thiophene rings is 1. The maximum atomic E-state index is 13.5. The molecule has 0 unspecified atom stereocenters. The molecule has 0 radical (unpaired) electrons. The first-order valence-corrected chi connectivity index (χ1v) is 14.4. The van der Waals surface area contributed by atoms with E-state index in [9.17, 15) is 18.3 Å². The Morgan fingerprint density at radius 2 is 2.19 bits per heavy atom. The fourth-order valence-electron chi connectivity index (χ4n) is 4.85. The third-order valence-corrected chi connectivity index (χ3v) is 8.35. The van der Waals surface area contributed by atoms with Crippen molar-refractivity contribution in [2.75, 3.05) is 18.5 Å². The number of hydrogen-bond donors (Lipinski definition) is 3. The Labute approximate surface area is 223 Å². The molecule has 1 aliphatic carbocycles. The summed E-state index contributed by atoms with van der Waals surface area (Å²) in [5.41, 5.74) is 3.21. The number of hydrogen-bond acceptors (Lipinski definition) is 10. The summed E-state index contributed by atoms with van der Waals surface area (Å²) in [7, 11) is -4.10. The summed E-state index contributed by atoms with van der Waals surface area (Å²) in [6.45, 7) is 0.344. The van der Waals surface area contributed by atoms with Crippen LogP contribution in [0.3, 0.4) is 0 Å². The lowest BCUT2D eigenvalue weighted by Gasteiger charge is -2.26. The van der Waals surface area contributed by atoms with Crippen LogP contribution in [-0.2, 0) is 25.6 Å². The Kier molecular flexibility index (Phi) is 7.59. The van der Waals surface area contributed by atoms with Crippen LogP contribution in [0.2, 0.25) is 5.02 Å². The quantitative estimate of drug-likeness (QED) is 0.350. The van der Waals surface area contributed by atoms with Gasteiger partial charge >= 0.3 is 10.3 Å². The van der Waals surface area contributed by atoms with E-state index in [-0.39, 0.29) is 30.1 Å². The van der Waals surface area contributed by atoms with Crippen molar-refractivity contribution in [1.82, 2.24) is 9.97 Å². The number of rotatable bonds is 8. The van der Waals surface area contributed by atoms with Crippen LogP contribution in [0.1, 0.15) is 50.9 Å². The molecule has 2 aliphatic rings. The summed E-state index contributed by atoms with van der Waals surface area (Å²) in [5, 5.41) is 21.0. The van der Waals surface area contributed by atoms with E-state index in [2.05, 4.69) is 19.5 Å². The summed E-state index contributed by atoms with van der Waals surface area (Å²) in [4.78, 5) is 22.3. The van der Waals surface area contributed by atoms with Crippen LogP contribution in [0.5, 0.6) is 0 Å². The second-order valence-corrected chi connectivity index (χ2v) is 11.6. The predicted octanol–water partition coefficient (Wildman–Crippen LogP) is 2.86. The van der Waals surface area contributed by atoms with Gasteiger partial charge in [-0.1, -0.05) is 23.7 Å². The standard InChI is InChI=1S/C24H25ClN4O6S2/c25-18-3-1-2-13-4-5-34-23(21(13)18)15-7-20(36-11-15)22(31)17-9-27-12-28-24(17)29-16-6-14(19(30)8-16)10-35-37(26,32)33/h1-3,7,9,11-12,14,16,19,23,30H,4-6,8,10H2,(H2,26,32,33)(H,27,28,29)/t14-,16-,19+,23-/m1/s1. The fourth-order valence-corrected chi connectivity index (χ4v) is 6.39. The number of nitrogens with one attached hydrogen (secondary N) is 1. The number of nitrogens with two attached hydrogens (primary N) is 1. The first-order chi connectivity index (χ1) is 17.7. The molecule has 0 spiro atoms. The van der Waals surface area contributed by atoms with Gasteiger partial charge in [0.2, 0.25) is 5.78 Å². The topological polar surface area (TPSA) is 154 Å². The predicted molar refractivity (Wildman–Crippen MR) is 138 cm³/mol. The second kappa shape index (κ2) is 10.7. The van der Waals surface area contributed by atoms with Crippen LogP contribution < -0.4 is 10.5 Å². The van der Waals surface area contributed by atoms with Gasteiger partial charge in [-0.2, -0.15) is 8.42 Å². The fraction of sp³-hybridized carbons (Fsp3) is 0.375. The highest BCUT2D eigenvalue weighted by Gasteiger charge is 2.35. The number of aliphatic hydroxyl groups excluding tert-OH is 1. The Bertz CT molecular complexity index is 1420. The molecular weight excluding hydrogens is 540 g/mol. The summed E-state index contributed by atoms with van der Waals surface area (Å²) in [5.74, 6) is -0.341. The molecule has 196 valence electrons. The number of nitrogens with zero attached hydrogens (tertiary/aromatic N) is 2. The molecule has 3 heterocycles. The third kappa shape index (κ3) is 5.85. The average molecular weight is 565 g/mol. The van der Waals surface area contributed by atoms with Gasteiger partial charge in [0, 0.05) is 28.7 Å². The Hall–Kier alpha value is -2.45. The van der Waals surface area contributed by atoms with Crippen LogP contribution >= 0.6 is 22.9 Å². The van der Waals surface area contributed by atoms with Gasteiger partial charge in [-0.3, -0.25) is 8.98 Å². The lowest BCUT2D eigenvalue weighted by atomic mass is 9.94. The monoisotopic (exact) mass is 564 g/mol. The highest BCUT2D eigenvalue weighted by Crippen LogP contribution is 2.39. The number of anilines is 1. The van der Waals surface area contributed by atoms with Crippen LogP contribution in [-0.4, -0.2) is 54.6 Å². The number of aliphatic hydroxyl groups is 1. The molecule has 1 saturated carbocycles. The van der Waals surface area contributed by atoms with E-state index < -0.39 is 22.3 Å². The molecular formula is C24H25ClN4O6S2. The van der Waals surface area contributed by atoms with Gasteiger partial charge < -0.3 is 15.2 Å². The van der Waals surface area contributed by atoms with Gasteiger partial charge in [0.15, 0.2) is 0 Å². The molecule has 1 fully saturated rings. The number of halogens is 1. The zero-order valence-electron chi connectivity index (χ0n) is 19.5. The number of fused-ring (bicyclic) bond motifs is 1. The van der Waals surface area contributed by atoms with E-state index in [0.717, 1.165) is 23.1 Å². The molecule has 1 aliphatic heterocycles. The summed E-state index contributed by atoms with van der Waals surface area (Å²) in [6.07, 6.45) is 3.18. The number of carbonyl (C=O) groups excluding carboxylic acids is 1. The minimum atomic E-state index is -4.10. The van der Waals surface area contributed by atoms with Crippen molar-refractivity contribution in [3.05, 3.63) is 74.3 Å². The lowest BCUT2D eigenvalue weighted by molar-refractivity contribution is 0.0702. The lowest BCUT2D eigenvalue weighted by Crippen LogP contribution is -2.24. The van der Waals surface area contributed by atoms with Crippen LogP contribution in [0.25, 0.3) is 0 Å². The molecule has 2 aromatic heterocycles. The minimum absolute atomic E-state index is 0.220. The Morgan fingerprint density at radius 3 is 3.00 bits per heavy atom. The van der Waals surface area contributed by atoms with Crippen LogP contribution in [0, 0.1) is 5.92 Å².